The predicted molar refractivity (Wildman–Crippen MR) is 114 cm³/mol. The zero-order valence-corrected chi connectivity index (χ0v) is 17.9. The third-order valence-electron chi connectivity index (χ3n) is 4.81. The molecule has 6 heteroatoms. The molecular formula is C23H28O5S. The number of thioether (sulfide) groups is 1. The summed E-state index contributed by atoms with van der Waals surface area (Å²) in [5.41, 5.74) is 3.86. The van der Waals surface area contributed by atoms with Crippen LogP contribution >= 0.6 is 11.8 Å². The number of aryl methyl sites for hydroxylation is 2. The van der Waals surface area contributed by atoms with Gasteiger partial charge in [0.05, 0.1) is 25.1 Å². The van der Waals surface area contributed by atoms with Crippen molar-refractivity contribution in [1.29, 1.82) is 0 Å². The van der Waals surface area contributed by atoms with Gasteiger partial charge in [-0.1, -0.05) is 59.7 Å². The molecule has 2 aromatic carbocycles. The molecule has 0 aliphatic carbocycles. The van der Waals surface area contributed by atoms with Gasteiger partial charge in [0.1, 0.15) is 12.2 Å². The molecule has 4 atom stereocenters. The molecular weight excluding hydrogens is 388 g/mol. The minimum Gasteiger partial charge on any atom is -0.449 e. The lowest BCUT2D eigenvalue weighted by Crippen LogP contribution is -2.37. The van der Waals surface area contributed by atoms with Crippen LogP contribution in [0.5, 0.6) is 0 Å². The van der Waals surface area contributed by atoms with E-state index in [-0.39, 0.29) is 5.25 Å². The molecule has 1 heterocycles. The molecule has 1 fully saturated rings. The summed E-state index contributed by atoms with van der Waals surface area (Å²) in [6.07, 6.45) is -1.38. The number of carbonyl (C=O) groups is 1. The summed E-state index contributed by atoms with van der Waals surface area (Å²) in [6.45, 7) is 6.68. The molecule has 5 nitrogen and oxygen atoms in total. The van der Waals surface area contributed by atoms with E-state index in [1.165, 1.54) is 29.8 Å². The lowest BCUT2D eigenvalue weighted by Gasteiger charge is -2.22. The summed E-state index contributed by atoms with van der Waals surface area (Å²) < 4.78 is 17.2. The lowest BCUT2D eigenvalue weighted by molar-refractivity contribution is -0.149. The van der Waals surface area contributed by atoms with E-state index in [2.05, 4.69) is 12.1 Å². The first kappa shape index (κ1) is 21.8. The summed E-state index contributed by atoms with van der Waals surface area (Å²) >= 11 is 1.39. The number of hydrogen-bond donors (Lipinski definition) is 1. The van der Waals surface area contributed by atoms with Gasteiger partial charge in [0.25, 0.3) is 0 Å². The van der Waals surface area contributed by atoms with Crippen molar-refractivity contribution in [1.82, 2.24) is 0 Å². The maximum Gasteiger partial charge on any atom is 0.303 e. The van der Waals surface area contributed by atoms with Crippen molar-refractivity contribution >= 4 is 17.7 Å². The Balaban J connectivity index is 1.60. The van der Waals surface area contributed by atoms with Crippen molar-refractivity contribution in [2.45, 2.75) is 56.9 Å². The predicted octanol–water partition coefficient (Wildman–Crippen LogP) is 3.77. The van der Waals surface area contributed by atoms with Gasteiger partial charge < -0.3 is 19.3 Å². The summed E-state index contributed by atoms with van der Waals surface area (Å²) in [7, 11) is 0. The van der Waals surface area contributed by atoms with Gasteiger partial charge in [-0.15, -0.1) is 11.8 Å². The quantitative estimate of drug-likeness (QED) is 0.661. The van der Waals surface area contributed by atoms with E-state index >= 15 is 0 Å². The minimum atomic E-state index is -0.901. The smallest absolute Gasteiger partial charge is 0.303 e. The molecule has 0 spiro atoms. The molecule has 0 saturated carbocycles. The Hall–Kier alpha value is -1.86. The Morgan fingerprint density at radius 1 is 0.966 bits per heavy atom. The van der Waals surface area contributed by atoms with E-state index in [1.54, 1.807) is 0 Å². The lowest BCUT2D eigenvalue weighted by atomic mass is 10.1. The average molecular weight is 417 g/mol. The Labute approximate surface area is 176 Å². The maximum absolute atomic E-state index is 11.4. The second kappa shape index (κ2) is 10.3. The van der Waals surface area contributed by atoms with Crippen LogP contribution in [0.15, 0.2) is 48.5 Å². The van der Waals surface area contributed by atoms with Crippen molar-refractivity contribution in [3.63, 3.8) is 0 Å². The van der Waals surface area contributed by atoms with Gasteiger partial charge in [-0.05, 0) is 25.0 Å². The van der Waals surface area contributed by atoms with Gasteiger partial charge in [0.15, 0.2) is 5.44 Å². The topological polar surface area (TPSA) is 65.0 Å². The van der Waals surface area contributed by atoms with Crippen LogP contribution in [-0.4, -0.2) is 40.6 Å². The molecule has 1 saturated heterocycles. The van der Waals surface area contributed by atoms with Crippen LogP contribution < -0.4 is 0 Å². The van der Waals surface area contributed by atoms with Gasteiger partial charge in [0.2, 0.25) is 0 Å². The maximum atomic E-state index is 11.4. The first-order valence-corrected chi connectivity index (χ1v) is 10.7. The van der Waals surface area contributed by atoms with Gasteiger partial charge in [-0.2, -0.15) is 0 Å². The van der Waals surface area contributed by atoms with Crippen LogP contribution in [-0.2, 0) is 32.2 Å². The number of hydrogen-bond acceptors (Lipinski definition) is 6. The first-order chi connectivity index (χ1) is 13.9. The number of rotatable bonds is 8. The van der Waals surface area contributed by atoms with Crippen LogP contribution in [0.2, 0.25) is 0 Å². The summed E-state index contributed by atoms with van der Waals surface area (Å²) in [5, 5.41) is 10.5. The fourth-order valence-electron chi connectivity index (χ4n) is 3.16. The molecule has 29 heavy (non-hydrogen) atoms. The molecule has 0 amide bonds. The van der Waals surface area contributed by atoms with Gasteiger partial charge >= 0.3 is 5.97 Å². The molecule has 1 aliphatic heterocycles. The molecule has 3 rings (SSSR count). The van der Waals surface area contributed by atoms with E-state index in [1.807, 2.05) is 50.2 Å². The molecule has 2 aromatic rings. The van der Waals surface area contributed by atoms with Crippen LogP contribution in [0.25, 0.3) is 0 Å². The largest absolute Gasteiger partial charge is 0.449 e. The van der Waals surface area contributed by atoms with Crippen LogP contribution in [0.3, 0.4) is 0 Å². The Morgan fingerprint density at radius 2 is 1.52 bits per heavy atom. The fraction of sp³-hybridized carbons (Fsp3) is 0.435. The van der Waals surface area contributed by atoms with Crippen molar-refractivity contribution < 1.29 is 24.1 Å². The minimum absolute atomic E-state index is 0.134. The first-order valence-electron chi connectivity index (χ1n) is 9.73. The SMILES string of the molecule is CC(=O)OC1S[C@H](COCc2ccc(C)cc2)[C@@H](OCc2ccc(C)cc2)[C@@H]1O. The second-order valence-corrected chi connectivity index (χ2v) is 8.75. The van der Waals surface area contributed by atoms with Crippen molar-refractivity contribution in [2.24, 2.45) is 0 Å². The van der Waals surface area contributed by atoms with E-state index in [9.17, 15) is 9.90 Å². The molecule has 1 N–H and O–H groups in total. The highest BCUT2D eigenvalue weighted by Gasteiger charge is 2.46. The van der Waals surface area contributed by atoms with Crippen LogP contribution in [0.1, 0.15) is 29.2 Å². The number of benzene rings is 2. The van der Waals surface area contributed by atoms with E-state index < -0.39 is 23.6 Å². The zero-order chi connectivity index (χ0) is 20.8. The van der Waals surface area contributed by atoms with Crippen LogP contribution in [0, 0.1) is 13.8 Å². The molecule has 0 radical (unpaired) electrons. The molecule has 0 bridgehead atoms. The highest BCUT2D eigenvalue weighted by Crippen LogP contribution is 2.37. The number of aliphatic hydroxyl groups is 1. The van der Waals surface area contributed by atoms with E-state index in [0.717, 1.165) is 11.1 Å². The summed E-state index contributed by atoms with van der Waals surface area (Å²) in [5.74, 6) is -0.417. The van der Waals surface area contributed by atoms with Crippen molar-refractivity contribution in [3.8, 4) is 0 Å². The number of esters is 1. The Morgan fingerprint density at radius 3 is 2.07 bits per heavy atom. The monoisotopic (exact) mass is 416 g/mol. The zero-order valence-electron chi connectivity index (χ0n) is 17.0. The third-order valence-corrected chi connectivity index (χ3v) is 6.20. The second-order valence-electron chi connectivity index (χ2n) is 7.40. The van der Waals surface area contributed by atoms with Gasteiger partial charge in [-0.25, -0.2) is 0 Å². The summed E-state index contributed by atoms with van der Waals surface area (Å²) in [6, 6.07) is 16.3. The standard InChI is InChI=1S/C23H28O5S/c1-15-4-8-18(9-5-15)12-26-14-20-22(21(25)23(29-20)28-17(3)24)27-13-19-10-6-16(2)7-11-19/h4-11,20-23,25H,12-14H2,1-3H3/t20-,21+,22-,23?/m1/s1. The Kier molecular flexibility index (Phi) is 7.72. The summed E-state index contributed by atoms with van der Waals surface area (Å²) in [4.78, 5) is 11.4. The third kappa shape index (κ3) is 6.31. The normalized spacial score (nSPS) is 23.9. The van der Waals surface area contributed by atoms with E-state index in [4.69, 9.17) is 14.2 Å². The molecule has 1 unspecified atom stereocenters. The Bertz CT molecular complexity index is 790. The highest BCUT2D eigenvalue weighted by molar-refractivity contribution is 8.00. The average Bonchev–Trinajstić information content (AvgIpc) is 2.97. The number of aliphatic hydroxyl groups excluding tert-OH is 1. The van der Waals surface area contributed by atoms with E-state index in [0.29, 0.717) is 19.8 Å². The fourth-order valence-corrected chi connectivity index (χ4v) is 4.58. The van der Waals surface area contributed by atoms with Crippen molar-refractivity contribution in [2.75, 3.05) is 6.61 Å². The highest BCUT2D eigenvalue weighted by atomic mass is 32.2. The molecule has 1 aliphatic rings. The van der Waals surface area contributed by atoms with Gasteiger partial charge in [0, 0.05) is 6.92 Å². The van der Waals surface area contributed by atoms with Crippen molar-refractivity contribution in [3.05, 3.63) is 70.8 Å². The molecule has 0 aromatic heterocycles. The number of carbonyl (C=O) groups excluding carboxylic acids is 1. The number of ether oxygens (including phenoxy) is 3. The van der Waals surface area contributed by atoms with Gasteiger partial charge in [-0.3, -0.25) is 4.79 Å². The molecule has 156 valence electrons. The van der Waals surface area contributed by atoms with Crippen LogP contribution in [0.4, 0.5) is 0 Å².